The first-order valence-electron chi connectivity index (χ1n) is 8.90. The van der Waals surface area contributed by atoms with Gasteiger partial charge in [-0.15, -0.1) is 0 Å². The molecule has 152 valence electrons. The van der Waals surface area contributed by atoms with Gasteiger partial charge in [0, 0.05) is 26.2 Å². The van der Waals surface area contributed by atoms with Gasteiger partial charge in [-0.25, -0.2) is 12.7 Å². The minimum absolute atomic E-state index is 0.0734. The number of hydrogen-bond donors (Lipinski definition) is 1. The minimum Gasteiger partial charge on any atom is -0.493 e. The van der Waals surface area contributed by atoms with Crippen molar-refractivity contribution in [1.82, 2.24) is 9.62 Å². The van der Waals surface area contributed by atoms with Crippen molar-refractivity contribution in [3.05, 3.63) is 53.6 Å². The van der Waals surface area contributed by atoms with E-state index < -0.39 is 10.0 Å². The fraction of sp³-hybridized carbons (Fsp3) is 0.350. The Kier molecular flexibility index (Phi) is 7.42. The quantitative estimate of drug-likeness (QED) is 0.692. The van der Waals surface area contributed by atoms with Crippen molar-refractivity contribution >= 4 is 15.9 Å². The third-order valence-corrected chi connectivity index (χ3v) is 5.83. The summed E-state index contributed by atoms with van der Waals surface area (Å²) in [4.78, 5) is 12.5. The van der Waals surface area contributed by atoms with Crippen LogP contribution in [0.15, 0.2) is 47.4 Å². The normalized spacial score (nSPS) is 11.3. The number of amides is 1. The number of sulfonamides is 1. The van der Waals surface area contributed by atoms with Gasteiger partial charge in [0.15, 0.2) is 11.5 Å². The molecule has 0 aromatic heterocycles. The van der Waals surface area contributed by atoms with Crippen molar-refractivity contribution in [3.8, 4) is 11.5 Å². The second-order valence-corrected chi connectivity index (χ2v) is 8.48. The zero-order valence-corrected chi connectivity index (χ0v) is 17.4. The summed E-state index contributed by atoms with van der Waals surface area (Å²) >= 11 is 0. The summed E-state index contributed by atoms with van der Waals surface area (Å²) in [6.07, 6.45) is 0.892. The first-order valence-corrected chi connectivity index (χ1v) is 10.3. The Bertz CT molecular complexity index is 926. The maximum absolute atomic E-state index is 12.5. The van der Waals surface area contributed by atoms with Gasteiger partial charge in [-0.3, -0.25) is 4.79 Å². The molecule has 28 heavy (non-hydrogen) atoms. The fourth-order valence-electron chi connectivity index (χ4n) is 2.45. The molecule has 0 spiro atoms. The lowest BCUT2D eigenvalue weighted by molar-refractivity contribution is 0.0950. The molecule has 0 bridgehead atoms. The van der Waals surface area contributed by atoms with E-state index in [0.29, 0.717) is 18.1 Å². The monoisotopic (exact) mass is 406 g/mol. The topological polar surface area (TPSA) is 84.9 Å². The molecule has 2 aromatic carbocycles. The smallest absolute Gasteiger partial charge is 0.251 e. The maximum atomic E-state index is 12.5. The number of carbonyl (C=O) groups excluding carboxylic acids is 1. The van der Waals surface area contributed by atoms with Crippen LogP contribution in [0.4, 0.5) is 0 Å². The zero-order chi connectivity index (χ0) is 20.7. The number of ether oxygens (including phenoxy) is 2. The Morgan fingerprint density at radius 2 is 1.86 bits per heavy atom. The molecule has 2 rings (SSSR count). The molecule has 0 aliphatic rings. The van der Waals surface area contributed by atoms with Crippen molar-refractivity contribution < 1.29 is 22.7 Å². The fourth-order valence-corrected chi connectivity index (χ4v) is 3.39. The highest BCUT2D eigenvalue weighted by molar-refractivity contribution is 7.89. The highest BCUT2D eigenvalue weighted by Crippen LogP contribution is 2.28. The van der Waals surface area contributed by atoms with Gasteiger partial charge in [0.2, 0.25) is 10.0 Å². The van der Waals surface area contributed by atoms with E-state index in [2.05, 4.69) is 5.32 Å². The van der Waals surface area contributed by atoms with Gasteiger partial charge in [-0.2, -0.15) is 0 Å². The lowest BCUT2D eigenvalue weighted by Crippen LogP contribution is -2.25. The Morgan fingerprint density at radius 1 is 1.11 bits per heavy atom. The molecule has 1 N–H and O–H groups in total. The molecule has 8 heteroatoms. The molecular formula is C20H26N2O5S. The lowest BCUT2D eigenvalue weighted by atomic mass is 10.1. The second-order valence-electron chi connectivity index (χ2n) is 6.33. The Morgan fingerprint density at radius 3 is 2.50 bits per heavy atom. The van der Waals surface area contributed by atoms with Gasteiger partial charge in [0.25, 0.3) is 5.91 Å². The van der Waals surface area contributed by atoms with Crippen LogP contribution in [-0.4, -0.2) is 46.4 Å². The summed E-state index contributed by atoms with van der Waals surface area (Å²) in [5, 5.41) is 2.79. The van der Waals surface area contributed by atoms with Crippen LogP contribution in [0.2, 0.25) is 0 Å². The van der Waals surface area contributed by atoms with E-state index in [4.69, 9.17) is 9.47 Å². The summed E-state index contributed by atoms with van der Waals surface area (Å²) in [5.41, 5.74) is 1.11. The van der Waals surface area contributed by atoms with Crippen molar-refractivity contribution in [1.29, 1.82) is 0 Å². The first kappa shape index (κ1) is 21.7. The average Bonchev–Trinajstić information content (AvgIpc) is 2.70. The predicted molar refractivity (Wildman–Crippen MR) is 107 cm³/mol. The van der Waals surface area contributed by atoms with Crippen molar-refractivity contribution in [2.75, 3.05) is 27.8 Å². The number of methoxy groups -OCH3 is 1. The molecule has 7 nitrogen and oxygen atoms in total. The van der Waals surface area contributed by atoms with Gasteiger partial charge in [0.1, 0.15) is 0 Å². The number of rotatable bonds is 9. The number of nitrogens with one attached hydrogen (secondary N) is 1. The van der Waals surface area contributed by atoms with Crippen molar-refractivity contribution in [2.24, 2.45) is 0 Å². The van der Waals surface area contributed by atoms with E-state index in [-0.39, 0.29) is 22.9 Å². The van der Waals surface area contributed by atoms with E-state index in [1.165, 1.54) is 26.2 Å². The van der Waals surface area contributed by atoms with Gasteiger partial charge < -0.3 is 14.8 Å². The number of hydrogen-bond acceptors (Lipinski definition) is 5. The van der Waals surface area contributed by atoms with Crippen LogP contribution >= 0.6 is 0 Å². The van der Waals surface area contributed by atoms with Gasteiger partial charge in [-0.1, -0.05) is 19.1 Å². The largest absolute Gasteiger partial charge is 0.493 e. The number of carbonyl (C=O) groups is 1. The zero-order valence-electron chi connectivity index (χ0n) is 16.6. The predicted octanol–water partition coefficient (Wildman–Crippen LogP) is 2.66. The van der Waals surface area contributed by atoms with E-state index in [1.807, 2.05) is 13.0 Å². The summed E-state index contributed by atoms with van der Waals surface area (Å²) in [6, 6.07) is 11.4. The number of nitrogens with zero attached hydrogens (tertiary/aromatic N) is 1. The van der Waals surface area contributed by atoms with E-state index >= 15 is 0 Å². The van der Waals surface area contributed by atoms with Crippen LogP contribution in [0, 0.1) is 0 Å². The Hall–Kier alpha value is -2.58. The van der Waals surface area contributed by atoms with Gasteiger partial charge >= 0.3 is 0 Å². The molecule has 0 aliphatic carbocycles. The average molecular weight is 407 g/mol. The standard InChI is InChI=1S/C20H26N2O5S/c1-5-11-27-18-10-9-15(12-19(18)26-4)14-21-20(23)16-7-6-8-17(13-16)28(24,25)22(2)3/h6-10,12-13H,5,11,14H2,1-4H3,(H,21,23). The minimum atomic E-state index is -3.60. The molecular weight excluding hydrogens is 380 g/mol. The van der Waals surface area contributed by atoms with Crippen LogP contribution in [0.1, 0.15) is 29.3 Å². The third kappa shape index (κ3) is 5.24. The summed E-state index contributed by atoms with van der Waals surface area (Å²) in [7, 11) is 0.860. The summed E-state index contributed by atoms with van der Waals surface area (Å²) in [5.74, 6) is 0.890. The highest BCUT2D eigenvalue weighted by Gasteiger charge is 2.18. The first-order chi connectivity index (χ1) is 13.3. The molecule has 0 atom stereocenters. The van der Waals surface area contributed by atoms with Crippen LogP contribution in [-0.2, 0) is 16.6 Å². The van der Waals surface area contributed by atoms with E-state index in [0.717, 1.165) is 16.3 Å². The molecule has 1 amide bonds. The Balaban J connectivity index is 2.10. The Labute approximate surface area is 166 Å². The van der Waals surface area contributed by atoms with Crippen LogP contribution in [0.3, 0.4) is 0 Å². The molecule has 2 aromatic rings. The van der Waals surface area contributed by atoms with Crippen LogP contribution < -0.4 is 14.8 Å². The molecule has 0 radical (unpaired) electrons. The van der Waals surface area contributed by atoms with Crippen molar-refractivity contribution in [2.45, 2.75) is 24.8 Å². The van der Waals surface area contributed by atoms with Crippen molar-refractivity contribution in [3.63, 3.8) is 0 Å². The molecule has 0 unspecified atom stereocenters. The van der Waals surface area contributed by atoms with Crippen LogP contribution in [0.5, 0.6) is 11.5 Å². The molecule has 0 heterocycles. The van der Waals surface area contributed by atoms with Gasteiger partial charge in [-0.05, 0) is 42.3 Å². The molecule has 0 aliphatic heterocycles. The van der Waals surface area contributed by atoms with E-state index in [1.54, 1.807) is 31.4 Å². The SMILES string of the molecule is CCCOc1ccc(CNC(=O)c2cccc(S(=O)(=O)N(C)C)c2)cc1OC. The maximum Gasteiger partial charge on any atom is 0.251 e. The highest BCUT2D eigenvalue weighted by atomic mass is 32.2. The van der Waals surface area contributed by atoms with Crippen LogP contribution in [0.25, 0.3) is 0 Å². The number of benzene rings is 2. The molecule has 0 saturated heterocycles. The second kappa shape index (κ2) is 9.57. The molecule has 0 saturated carbocycles. The lowest BCUT2D eigenvalue weighted by Gasteiger charge is -2.13. The van der Waals surface area contributed by atoms with Gasteiger partial charge in [0.05, 0.1) is 18.6 Å². The van der Waals surface area contributed by atoms with E-state index in [9.17, 15) is 13.2 Å². The third-order valence-electron chi connectivity index (χ3n) is 4.02. The molecule has 0 fully saturated rings. The summed E-state index contributed by atoms with van der Waals surface area (Å²) in [6.45, 7) is 2.89. The summed E-state index contributed by atoms with van der Waals surface area (Å²) < 4.78 is 36.5.